The van der Waals surface area contributed by atoms with Crippen molar-refractivity contribution in [1.82, 2.24) is 0 Å². The molecule has 0 aliphatic rings. The predicted molar refractivity (Wildman–Crippen MR) is 357 cm³/mol. The standard InChI is InChI=1S/C76H128O6/c1-4-7-10-13-16-19-22-25-28-30-31-32-33-34-35-36-37-38-39-40-41-42-43-44-45-47-48-51-54-57-60-63-66-69-75(78)81-72-73(71-80-74(77)68-65-62-59-56-53-50-27-24-21-18-15-12-9-6-3)82-76(79)70-67-64-61-58-55-52-49-46-29-26-23-20-17-14-11-8-5-2/h7,10,16-17,19-20,25-26,28-29,31-32,34-35,37-38,40-41,43-44,73H,4-6,8-9,11-15,18,21-24,27,30,33,36,39,42,45-72H2,1-3H3/b10-7-,19-16-,20-17-,28-25-,29-26-,32-31-,35-34-,38-37-,41-40-,44-43-. The topological polar surface area (TPSA) is 78.9 Å². The first-order valence-electron chi connectivity index (χ1n) is 34.5. The first-order chi connectivity index (χ1) is 40.5. The second-order valence-corrected chi connectivity index (χ2v) is 22.7. The Hall–Kier alpha value is -4.19. The van der Waals surface area contributed by atoms with Crippen LogP contribution in [0.4, 0.5) is 0 Å². The Bertz CT molecular complexity index is 1690. The average molecular weight is 1140 g/mol. The Morgan fingerprint density at radius 3 is 0.768 bits per heavy atom. The third kappa shape index (κ3) is 66.6. The monoisotopic (exact) mass is 1140 g/mol. The number of rotatable bonds is 62. The van der Waals surface area contributed by atoms with Gasteiger partial charge in [-0.05, 0) is 116 Å². The van der Waals surface area contributed by atoms with Crippen molar-refractivity contribution in [1.29, 1.82) is 0 Å². The summed E-state index contributed by atoms with van der Waals surface area (Å²) in [6, 6.07) is 0. The van der Waals surface area contributed by atoms with Gasteiger partial charge in [-0.3, -0.25) is 14.4 Å². The lowest BCUT2D eigenvalue weighted by Crippen LogP contribution is -2.30. The summed E-state index contributed by atoms with van der Waals surface area (Å²) in [5, 5.41) is 0. The molecule has 6 heteroatoms. The molecule has 0 radical (unpaired) electrons. The summed E-state index contributed by atoms with van der Waals surface area (Å²) in [5.74, 6) is -0.888. The van der Waals surface area contributed by atoms with E-state index in [0.717, 1.165) is 128 Å². The number of carbonyl (C=O) groups is 3. The minimum absolute atomic E-state index is 0.0820. The van der Waals surface area contributed by atoms with Gasteiger partial charge in [0.1, 0.15) is 13.2 Å². The number of hydrogen-bond donors (Lipinski definition) is 0. The van der Waals surface area contributed by atoms with Gasteiger partial charge in [0.25, 0.3) is 0 Å². The molecule has 468 valence electrons. The maximum absolute atomic E-state index is 12.9. The van der Waals surface area contributed by atoms with Crippen LogP contribution < -0.4 is 0 Å². The summed E-state index contributed by atoms with van der Waals surface area (Å²) in [6.45, 7) is 6.52. The minimum atomic E-state index is -0.787. The van der Waals surface area contributed by atoms with Crippen molar-refractivity contribution < 1.29 is 28.6 Å². The molecule has 0 fully saturated rings. The van der Waals surface area contributed by atoms with E-state index in [1.807, 2.05) is 0 Å². The highest BCUT2D eigenvalue weighted by Gasteiger charge is 2.19. The van der Waals surface area contributed by atoms with Crippen molar-refractivity contribution >= 4 is 17.9 Å². The van der Waals surface area contributed by atoms with Crippen molar-refractivity contribution in [3.05, 3.63) is 122 Å². The number of unbranched alkanes of at least 4 members (excludes halogenated alkanes) is 31. The number of esters is 3. The van der Waals surface area contributed by atoms with Crippen LogP contribution in [-0.4, -0.2) is 37.2 Å². The van der Waals surface area contributed by atoms with Gasteiger partial charge in [-0.15, -0.1) is 0 Å². The molecule has 6 nitrogen and oxygen atoms in total. The molecule has 0 bridgehead atoms. The molecule has 0 spiro atoms. The van der Waals surface area contributed by atoms with Crippen LogP contribution in [0.5, 0.6) is 0 Å². The zero-order chi connectivity index (χ0) is 59.2. The van der Waals surface area contributed by atoms with E-state index in [-0.39, 0.29) is 31.1 Å². The van der Waals surface area contributed by atoms with Crippen molar-refractivity contribution in [2.75, 3.05) is 13.2 Å². The van der Waals surface area contributed by atoms with E-state index in [2.05, 4.69) is 142 Å². The quantitative estimate of drug-likeness (QED) is 0.0261. The van der Waals surface area contributed by atoms with Gasteiger partial charge in [0, 0.05) is 19.3 Å². The lowest BCUT2D eigenvalue weighted by atomic mass is 10.0. The first kappa shape index (κ1) is 77.8. The summed E-state index contributed by atoms with van der Waals surface area (Å²) < 4.78 is 16.9. The number of allylic oxidation sites excluding steroid dienone is 20. The Labute approximate surface area is 507 Å². The Balaban J connectivity index is 4.30. The van der Waals surface area contributed by atoms with Gasteiger partial charge in [-0.1, -0.05) is 309 Å². The van der Waals surface area contributed by atoms with Gasteiger partial charge in [0.05, 0.1) is 0 Å². The van der Waals surface area contributed by atoms with Gasteiger partial charge < -0.3 is 14.2 Å². The molecule has 0 aliphatic carbocycles. The van der Waals surface area contributed by atoms with Crippen LogP contribution >= 0.6 is 0 Å². The Morgan fingerprint density at radius 2 is 0.476 bits per heavy atom. The SMILES string of the molecule is CC/C=C\C/C=C\C/C=C\C/C=C\C/C=C\C/C=C\C/C=C\C/C=C\CCCCCCCCCCC(=O)OCC(COC(=O)CCCCCCCCCCCCCCCC)OC(=O)CCCCCCCCC/C=C\C/C=C\CCCCC. The second kappa shape index (κ2) is 69.3. The fourth-order valence-electron chi connectivity index (χ4n) is 9.55. The molecule has 1 unspecified atom stereocenters. The van der Waals surface area contributed by atoms with E-state index < -0.39 is 6.10 Å². The van der Waals surface area contributed by atoms with E-state index in [4.69, 9.17) is 14.2 Å². The fraction of sp³-hybridized carbons (Fsp3) is 0.697. The highest BCUT2D eigenvalue weighted by atomic mass is 16.6. The lowest BCUT2D eigenvalue weighted by molar-refractivity contribution is -0.167. The van der Waals surface area contributed by atoms with Gasteiger partial charge >= 0.3 is 17.9 Å². The maximum atomic E-state index is 12.9. The zero-order valence-electron chi connectivity index (χ0n) is 53.7. The summed E-state index contributed by atoms with van der Waals surface area (Å²) in [7, 11) is 0. The molecule has 0 saturated heterocycles. The molecule has 0 aromatic rings. The summed E-state index contributed by atoms with van der Waals surface area (Å²) in [5.41, 5.74) is 0. The van der Waals surface area contributed by atoms with Crippen LogP contribution in [0.3, 0.4) is 0 Å². The smallest absolute Gasteiger partial charge is 0.306 e. The third-order valence-corrected chi connectivity index (χ3v) is 14.7. The number of ether oxygens (including phenoxy) is 3. The predicted octanol–water partition coefficient (Wildman–Crippen LogP) is 23.9. The van der Waals surface area contributed by atoms with Crippen LogP contribution in [0.1, 0.15) is 323 Å². The minimum Gasteiger partial charge on any atom is -0.462 e. The Morgan fingerprint density at radius 1 is 0.256 bits per heavy atom. The summed E-state index contributed by atoms with van der Waals surface area (Å²) in [4.78, 5) is 38.4. The Kier molecular flexibility index (Phi) is 65.8. The van der Waals surface area contributed by atoms with Crippen LogP contribution in [0.25, 0.3) is 0 Å². The molecule has 0 N–H and O–H groups in total. The van der Waals surface area contributed by atoms with Crippen LogP contribution in [0, 0.1) is 0 Å². The van der Waals surface area contributed by atoms with Crippen LogP contribution in [0.15, 0.2) is 122 Å². The largest absolute Gasteiger partial charge is 0.462 e. The third-order valence-electron chi connectivity index (χ3n) is 14.7. The number of carbonyl (C=O) groups excluding carboxylic acids is 3. The molecule has 1 atom stereocenters. The van der Waals surface area contributed by atoms with E-state index in [9.17, 15) is 14.4 Å². The van der Waals surface area contributed by atoms with Crippen molar-refractivity contribution in [3.8, 4) is 0 Å². The molecule has 0 aromatic carbocycles. The van der Waals surface area contributed by atoms with Gasteiger partial charge in [-0.2, -0.15) is 0 Å². The van der Waals surface area contributed by atoms with Crippen molar-refractivity contribution in [2.24, 2.45) is 0 Å². The van der Waals surface area contributed by atoms with E-state index >= 15 is 0 Å². The highest BCUT2D eigenvalue weighted by molar-refractivity contribution is 5.71. The first-order valence-corrected chi connectivity index (χ1v) is 34.5. The van der Waals surface area contributed by atoms with E-state index in [1.54, 1.807) is 0 Å². The van der Waals surface area contributed by atoms with Crippen LogP contribution in [0.2, 0.25) is 0 Å². The molecule has 0 amide bonds. The molecule has 0 aromatic heterocycles. The molecule has 0 aliphatic heterocycles. The summed E-state index contributed by atoms with van der Waals surface area (Å²) in [6.07, 6.45) is 96.4. The number of hydrogen-bond acceptors (Lipinski definition) is 6. The fourth-order valence-corrected chi connectivity index (χ4v) is 9.55. The average Bonchev–Trinajstić information content (AvgIpc) is 3.47. The normalized spacial score (nSPS) is 12.9. The van der Waals surface area contributed by atoms with Crippen molar-refractivity contribution in [3.63, 3.8) is 0 Å². The van der Waals surface area contributed by atoms with E-state index in [0.29, 0.717) is 19.3 Å². The molecular weight excluding hydrogens is 1010 g/mol. The van der Waals surface area contributed by atoms with Gasteiger partial charge in [-0.25, -0.2) is 0 Å². The maximum Gasteiger partial charge on any atom is 0.306 e. The molecule has 0 saturated carbocycles. The molecule has 82 heavy (non-hydrogen) atoms. The molecular formula is C76H128O6. The van der Waals surface area contributed by atoms with Crippen LogP contribution in [-0.2, 0) is 28.6 Å². The highest BCUT2D eigenvalue weighted by Crippen LogP contribution is 2.16. The summed E-state index contributed by atoms with van der Waals surface area (Å²) >= 11 is 0. The zero-order valence-corrected chi connectivity index (χ0v) is 53.7. The molecule has 0 heterocycles. The lowest BCUT2D eigenvalue weighted by Gasteiger charge is -2.18. The van der Waals surface area contributed by atoms with Crippen molar-refractivity contribution in [2.45, 2.75) is 329 Å². The van der Waals surface area contributed by atoms with Gasteiger partial charge in [0.2, 0.25) is 0 Å². The van der Waals surface area contributed by atoms with E-state index in [1.165, 1.54) is 154 Å². The van der Waals surface area contributed by atoms with Gasteiger partial charge in [0.15, 0.2) is 6.10 Å². The molecule has 0 rings (SSSR count). The second-order valence-electron chi connectivity index (χ2n) is 22.7.